The number of hydrogen-bond donors (Lipinski definition) is 1. The molecule has 0 saturated carbocycles. The molecule has 0 radical (unpaired) electrons. The Kier molecular flexibility index (Phi) is 6.09. The van der Waals surface area contributed by atoms with Crippen LogP contribution in [0.3, 0.4) is 0 Å². The predicted octanol–water partition coefficient (Wildman–Crippen LogP) is 2.30. The van der Waals surface area contributed by atoms with Crippen molar-refractivity contribution in [3.63, 3.8) is 0 Å². The van der Waals surface area contributed by atoms with Crippen LogP contribution in [-0.4, -0.2) is 30.8 Å². The Balaban J connectivity index is 2.68. The van der Waals surface area contributed by atoms with Crippen molar-refractivity contribution >= 4 is 0 Å². The molecule has 0 aromatic carbocycles. The van der Waals surface area contributed by atoms with Gasteiger partial charge in [-0.1, -0.05) is 13.8 Å². The monoisotopic (exact) mass is 252 g/mol. The van der Waals surface area contributed by atoms with Gasteiger partial charge in [0.25, 0.3) is 0 Å². The van der Waals surface area contributed by atoms with Gasteiger partial charge in [-0.05, 0) is 25.5 Å². The summed E-state index contributed by atoms with van der Waals surface area (Å²) in [5.74, 6) is 0.667. The van der Waals surface area contributed by atoms with Crippen molar-refractivity contribution in [3.8, 4) is 5.88 Å². The number of hydrogen-bond acceptors (Lipinski definition) is 4. The van der Waals surface area contributed by atoms with E-state index in [-0.39, 0.29) is 6.10 Å². The smallest absolute Gasteiger partial charge is 0.214 e. The quantitative estimate of drug-likeness (QED) is 0.808. The first-order valence-electron chi connectivity index (χ1n) is 6.37. The van der Waals surface area contributed by atoms with Gasteiger partial charge in [-0.15, -0.1) is 0 Å². The molecular weight excluding hydrogens is 228 g/mol. The maximum Gasteiger partial charge on any atom is 0.214 e. The van der Waals surface area contributed by atoms with Crippen LogP contribution in [0.1, 0.15) is 32.0 Å². The molecule has 0 bridgehead atoms. The van der Waals surface area contributed by atoms with Crippen LogP contribution in [0.25, 0.3) is 0 Å². The molecular formula is C14H24N2O2. The van der Waals surface area contributed by atoms with Crippen LogP contribution in [0.5, 0.6) is 5.88 Å². The zero-order valence-corrected chi connectivity index (χ0v) is 12.0. The lowest BCUT2D eigenvalue weighted by Crippen LogP contribution is -2.22. The molecule has 1 N–H and O–H groups in total. The number of aryl methyl sites for hydroxylation is 1. The fraction of sp³-hybridized carbons (Fsp3) is 0.643. The number of aromatic nitrogens is 1. The standard InChI is InChI=1S/C14H24N2O2/c1-10(2)15-8-13-6-11(3)16-14(7-13)18-12(4)9-17-5/h6-7,10,12,15H,8-9H2,1-5H3. The Bertz CT molecular complexity index is 367. The van der Waals surface area contributed by atoms with E-state index in [1.165, 1.54) is 5.56 Å². The molecule has 4 nitrogen and oxygen atoms in total. The van der Waals surface area contributed by atoms with Gasteiger partial charge < -0.3 is 14.8 Å². The van der Waals surface area contributed by atoms with Crippen molar-refractivity contribution in [2.75, 3.05) is 13.7 Å². The summed E-state index contributed by atoms with van der Waals surface area (Å²) < 4.78 is 10.8. The SMILES string of the molecule is COCC(C)Oc1cc(CNC(C)C)cc(C)n1. The van der Waals surface area contributed by atoms with Gasteiger partial charge in [0, 0.05) is 31.5 Å². The first-order valence-corrected chi connectivity index (χ1v) is 6.37. The summed E-state index contributed by atoms with van der Waals surface area (Å²) in [5, 5.41) is 3.39. The summed E-state index contributed by atoms with van der Waals surface area (Å²) in [5.41, 5.74) is 2.16. The fourth-order valence-corrected chi connectivity index (χ4v) is 1.67. The molecule has 4 heteroatoms. The Labute approximate surface area is 110 Å². The lowest BCUT2D eigenvalue weighted by atomic mass is 10.2. The van der Waals surface area contributed by atoms with Crippen molar-refractivity contribution in [2.45, 2.75) is 46.4 Å². The summed E-state index contributed by atoms with van der Waals surface area (Å²) in [6.07, 6.45) is 0.00945. The molecule has 0 saturated heterocycles. The third kappa shape index (κ3) is 5.47. The van der Waals surface area contributed by atoms with Gasteiger partial charge in [0.2, 0.25) is 5.88 Å². The summed E-state index contributed by atoms with van der Waals surface area (Å²) in [4.78, 5) is 4.38. The van der Waals surface area contributed by atoms with E-state index in [2.05, 4.69) is 30.2 Å². The van der Waals surface area contributed by atoms with E-state index < -0.39 is 0 Å². The largest absolute Gasteiger partial charge is 0.472 e. The second-order valence-corrected chi connectivity index (χ2v) is 4.87. The van der Waals surface area contributed by atoms with E-state index in [9.17, 15) is 0 Å². The van der Waals surface area contributed by atoms with Gasteiger partial charge in [-0.2, -0.15) is 0 Å². The normalized spacial score (nSPS) is 12.8. The average Bonchev–Trinajstić information content (AvgIpc) is 2.25. The van der Waals surface area contributed by atoms with Gasteiger partial charge in [0.05, 0.1) is 6.61 Å². The first-order chi connectivity index (χ1) is 8.51. The molecule has 1 atom stereocenters. The summed E-state index contributed by atoms with van der Waals surface area (Å²) in [6.45, 7) is 9.61. The molecule has 0 aliphatic rings. The number of nitrogens with zero attached hydrogens (tertiary/aromatic N) is 1. The second-order valence-electron chi connectivity index (χ2n) is 4.87. The molecule has 0 fully saturated rings. The highest BCUT2D eigenvalue weighted by atomic mass is 16.5. The zero-order valence-electron chi connectivity index (χ0n) is 12.0. The lowest BCUT2D eigenvalue weighted by Gasteiger charge is -2.15. The minimum Gasteiger partial charge on any atom is -0.472 e. The van der Waals surface area contributed by atoms with Crippen LogP contribution in [0, 0.1) is 6.92 Å². The Morgan fingerprint density at radius 1 is 1.28 bits per heavy atom. The Hall–Kier alpha value is -1.13. The minimum atomic E-state index is 0.00945. The zero-order chi connectivity index (χ0) is 13.5. The lowest BCUT2D eigenvalue weighted by molar-refractivity contribution is 0.0888. The van der Waals surface area contributed by atoms with Gasteiger partial charge in [0.15, 0.2) is 0 Å². The predicted molar refractivity (Wildman–Crippen MR) is 72.9 cm³/mol. The molecule has 1 unspecified atom stereocenters. The second kappa shape index (κ2) is 7.34. The molecule has 1 aromatic heterocycles. The summed E-state index contributed by atoms with van der Waals surface area (Å²) in [7, 11) is 1.67. The van der Waals surface area contributed by atoms with Gasteiger partial charge in [-0.25, -0.2) is 4.98 Å². The number of pyridine rings is 1. The third-order valence-corrected chi connectivity index (χ3v) is 2.43. The van der Waals surface area contributed by atoms with Crippen molar-refractivity contribution in [2.24, 2.45) is 0 Å². The third-order valence-electron chi connectivity index (χ3n) is 2.43. The van der Waals surface area contributed by atoms with Crippen LogP contribution in [-0.2, 0) is 11.3 Å². The van der Waals surface area contributed by atoms with Crippen LogP contribution < -0.4 is 10.1 Å². The molecule has 18 heavy (non-hydrogen) atoms. The highest BCUT2D eigenvalue weighted by molar-refractivity contribution is 5.24. The van der Waals surface area contributed by atoms with Crippen molar-refractivity contribution in [3.05, 3.63) is 23.4 Å². The number of ether oxygens (including phenoxy) is 2. The maximum atomic E-state index is 5.72. The number of nitrogens with one attached hydrogen (secondary N) is 1. The van der Waals surface area contributed by atoms with E-state index in [1.807, 2.05) is 19.9 Å². The molecule has 1 rings (SSSR count). The van der Waals surface area contributed by atoms with Crippen LogP contribution in [0.15, 0.2) is 12.1 Å². The number of rotatable bonds is 7. The van der Waals surface area contributed by atoms with Gasteiger partial charge >= 0.3 is 0 Å². The van der Waals surface area contributed by atoms with Gasteiger partial charge in [-0.3, -0.25) is 0 Å². The fourth-order valence-electron chi connectivity index (χ4n) is 1.67. The van der Waals surface area contributed by atoms with E-state index in [0.29, 0.717) is 18.5 Å². The summed E-state index contributed by atoms with van der Waals surface area (Å²) in [6, 6.07) is 4.52. The van der Waals surface area contributed by atoms with E-state index in [4.69, 9.17) is 9.47 Å². The van der Waals surface area contributed by atoms with Crippen molar-refractivity contribution in [1.29, 1.82) is 0 Å². The van der Waals surface area contributed by atoms with Gasteiger partial charge in [0.1, 0.15) is 6.10 Å². The Morgan fingerprint density at radius 2 is 2.00 bits per heavy atom. The first kappa shape index (κ1) is 14.9. The Morgan fingerprint density at radius 3 is 2.61 bits per heavy atom. The van der Waals surface area contributed by atoms with Crippen molar-refractivity contribution < 1.29 is 9.47 Å². The maximum absolute atomic E-state index is 5.72. The number of methoxy groups -OCH3 is 1. The highest BCUT2D eigenvalue weighted by Gasteiger charge is 2.07. The van der Waals surface area contributed by atoms with Crippen LogP contribution in [0.4, 0.5) is 0 Å². The van der Waals surface area contributed by atoms with Crippen LogP contribution >= 0.6 is 0 Å². The van der Waals surface area contributed by atoms with Crippen LogP contribution in [0.2, 0.25) is 0 Å². The van der Waals surface area contributed by atoms with E-state index in [0.717, 1.165) is 12.2 Å². The molecule has 1 aromatic rings. The van der Waals surface area contributed by atoms with E-state index >= 15 is 0 Å². The topological polar surface area (TPSA) is 43.4 Å². The molecule has 0 aliphatic carbocycles. The van der Waals surface area contributed by atoms with Crippen molar-refractivity contribution in [1.82, 2.24) is 10.3 Å². The molecule has 1 heterocycles. The highest BCUT2D eigenvalue weighted by Crippen LogP contribution is 2.14. The van der Waals surface area contributed by atoms with E-state index in [1.54, 1.807) is 7.11 Å². The molecule has 0 aliphatic heterocycles. The molecule has 0 amide bonds. The average molecular weight is 252 g/mol. The minimum absolute atomic E-state index is 0.00945. The molecule has 0 spiro atoms. The molecule has 102 valence electrons. The summed E-state index contributed by atoms with van der Waals surface area (Å²) >= 11 is 0.